The van der Waals surface area contributed by atoms with E-state index in [2.05, 4.69) is 26.3 Å². The van der Waals surface area contributed by atoms with Gasteiger partial charge in [-0.1, -0.05) is 23.2 Å². The van der Waals surface area contributed by atoms with Gasteiger partial charge in [-0.2, -0.15) is 4.98 Å². The molecule has 0 aliphatic heterocycles. The van der Waals surface area contributed by atoms with Crippen LogP contribution in [0.3, 0.4) is 0 Å². The Morgan fingerprint density at radius 1 is 1.26 bits per heavy atom. The summed E-state index contributed by atoms with van der Waals surface area (Å²) in [6.45, 7) is 0. The number of hydrogen-bond donors (Lipinski definition) is 2. The summed E-state index contributed by atoms with van der Waals surface area (Å²) in [5.41, 5.74) is 2.31. The van der Waals surface area contributed by atoms with Crippen LogP contribution < -0.4 is 16.0 Å². The van der Waals surface area contributed by atoms with Crippen molar-refractivity contribution in [1.29, 1.82) is 0 Å². The molecule has 0 spiro atoms. The van der Waals surface area contributed by atoms with Gasteiger partial charge in [0.15, 0.2) is 5.82 Å². The molecule has 0 unspecified atom stereocenters. The molecule has 0 bridgehead atoms. The highest BCUT2D eigenvalue weighted by Crippen LogP contribution is 2.35. The number of halogens is 4. The summed E-state index contributed by atoms with van der Waals surface area (Å²) in [7, 11) is 0. The standard InChI is InChI=1S/C11H7BrCl2FN3O/c12-6-2-1-5(15)3-9(6)19-11-8(14)4-7(13)10(17-11)18-16/h1-4H,16H2,(H,17,18). The predicted octanol–water partition coefficient (Wildman–Crippen LogP) is 4.37. The summed E-state index contributed by atoms with van der Waals surface area (Å²) in [5, 5.41) is 0.429. The van der Waals surface area contributed by atoms with E-state index in [4.69, 9.17) is 33.8 Å². The van der Waals surface area contributed by atoms with E-state index < -0.39 is 5.82 Å². The second kappa shape index (κ2) is 5.92. The number of nitrogens with one attached hydrogen (secondary N) is 1. The maximum atomic E-state index is 13.2. The van der Waals surface area contributed by atoms with Crippen molar-refractivity contribution >= 4 is 44.9 Å². The Morgan fingerprint density at radius 2 is 2.00 bits per heavy atom. The molecule has 1 aromatic heterocycles. The fourth-order valence-electron chi connectivity index (χ4n) is 1.28. The minimum Gasteiger partial charge on any atom is -0.436 e. The molecule has 3 N–H and O–H groups in total. The maximum absolute atomic E-state index is 13.2. The van der Waals surface area contributed by atoms with Crippen LogP contribution in [0.4, 0.5) is 10.2 Å². The van der Waals surface area contributed by atoms with E-state index in [9.17, 15) is 4.39 Å². The van der Waals surface area contributed by atoms with Gasteiger partial charge in [0.25, 0.3) is 0 Å². The lowest BCUT2D eigenvalue weighted by Crippen LogP contribution is -2.09. The number of ether oxygens (including phenoxy) is 1. The van der Waals surface area contributed by atoms with Crippen molar-refractivity contribution in [2.75, 3.05) is 5.43 Å². The molecule has 0 fully saturated rings. The molecule has 0 amide bonds. The van der Waals surface area contributed by atoms with Gasteiger partial charge in [-0.3, -0.25) is 0 Å². The number of hydrogen-bond acceptors (Lipinski definition) is 4. The van der Waals surface area contributed by atoms with Gasteiger partial charge in [-0.15, -0.1) is 0 Å². The van der Waals surface area contributed by atoms with Crippen LogP contribution >= 0.6 is 39.1 Å². The van der Waals surface area contributed by atoms with Crippen molar-refractivity contribution in [3.05, 3.63) is 44.6 Å². The minimum absolute atomic E-state index is 0.0605. The number of hydrazine groups is 1. The third-order valence-electron chi connectivity index (χ3n) is 2.13. The minimum atomic E-state index is -0.444. The number of rotatable bonds is 3. The smallest absolute Gasteiger partial charge is 0.240 e. The van der Waals surface area contributed by atoms with Crippen molar-refractivity contribution < 1.29 is 9.13 Å². The monoisotopic (exact) mass is 365 g/mol. The van der Waals surface area contributed by atoms with Crippen LogP contribution in [-0.4, -0.2) is 4.98 Å². The molecule has 100 valence electrons. The Labute approximate surface area is 126 Å². The fraction of sp³-hybridized carbons (Fsp3) is 0. The quantitative estimate of drug-likeness (QED) is 0.625. The van der Waals surface area contributed by atoms with Gasteiger partial charge in [0.05, 0.1) is 9.50 Å². The predicted molar refractivity (Wildman–Crippen MR) is 76.2 cm³/mol. The van der Waals surface area contributed by atoms with Gasteiger partial charge < -0.3 is 10.2 Å². The third kappa shape index (κ3) is 3.27. The van der Waals surface area contributed by atoms with E-state index in [0.29, 0.717) is 4.47 Å². The number of benzene rings is 1. The molecule has 19 heavy (non-hydrogen) atoms. The summed E-state index contributed by atoms with van der Waals surface area (Å²) in [6, 6.07) is 5.43. The van der Waals surface area contributed by atoms with Gasteiger partial charge in [-0.25, -0.2) is 10.2 Å². The number of anilines is 1. The number of nitrogens with zero attached hydrogens (tertiary/aromatic N) is 1. The zero-order chi connectivity index (χ0) is 14.0. The molecule has 0 atom stereocenters. The molecule has 0 saturated carbocycles. The van der Waals surface area contributed by atoms with Crippen LogP contribution in [0, 0.1) is 5.82 Å². The number of nitrogen functional groups attached to an aromatic ring is 1. The Kier molecular flexibility index (Phi) is 4.46. The average molecular weight is 367 g/mol. The number of nitrogens with two attached hydrogens (primary N) is 1. The van der Waals surface area contributed by atoms with E-state index in [1.807, 2.05) is 0 Å². The van der Waals surface area contributed by atoms with Crippen LogP contribution in [0.1, 0.15) is 0 Å². The van der Waals surface area contributed by atoms with Crippen LogP contribution in [0.2, 0.25) is 10.0 Å². The van der Waals surface area contributed by atoms with E-state index in [1.54, 1.807) is 0 Å². The SMILES string of the molecule is NNc1nc(Oc2cc(F)ccc2Br)c(Cl)cc1Cl. The summed E-state index contributed by atoms with van der Waals surface area (Å²) < 4.78 is 19.1. The van der Waals surface area contributed by atoms with Crippen molar-refractivity contribution in [2.24, 2.45) is 5.84 Å². The molecule has 1 aromatic carbocycles. The topological polar surface area (TPSA) is 60.2 Å². The first-order chi connectivity index (χ1) is 9.01. The highest BCUT2D eigenvalue weighted by Gasteiger charge is 2.12. The molecular formula is C11H7BrCl2FN3O. The molecule has 8 heteroatoms. The van der Waals surface area contributed by atoms with Crippen molar-refractivity contribution in [1.82, 2.24) is 4.98 Å². The molecule has 0 aliphatic carbocycles. The molecule has 0 radical (unpaired) electrons. The highest BCUT2D eigenvalue weighted by molar-refractivity contribution is 9.10. The van der Waals surface area contributed by atoms with Crippen LogP contribution in [-0.2, 0) is 0 Å². The highest BCUT2D eigenvalue weighted by atomic mass is 79.9. The van der Waals surface area contributed by atoms with Gasteiger partial charge in [0.1, 0.15) is 16.6 Å². The maximum Gasteiger partial charge on any atom is 0.240 e. The Bertz CT molecular complexity index is 627. The number of aromatic nitrogens is 1. The largest absolute Gasteiger partial charge is 0.436 e. The van der Waals surface area contributed by atoms with Crippen molar-refractivity contribution in [3.63, 3.8) is 0 Å². The Hall–Kier alpha value is -1.08. The van der Waals surface area contributed by atoms with Gasteiger partial charge in [0, 0.05) is 6.07 Å². The zero-order valence-corrected chi connectivity index (χ0v) is 12.4. The molecule has 0 saturated heterocycles. The lowest BCUT2D eigenvalue weighted by molar-refractivity contribution is 0.456. The van der Waals surface area contributed by atoms with Gasteiger partial charge >= 0.3 is 0 Å². The second-order valence-corrected chi connectivity index (χ2v) is 5.10. The lowest BCUT2D eigenvalue weighted by Gasteiger charge is -2.10. The Balaban J connectivity index is 2.40. The molecule has 2 rings (SSSR count). The average Bonchev–Trinajstić information content (AvgIpc) is 2.37. The summed E-state index contributed by atoms with van der Waals surface area (Å²) in [5.74, 6) is 5.31. The Morgan fingerprint density at radius 3 is 2.68 bits per heavy atom. The zero-order valence-electron chi connectivity index (χ0n) is 9.25. The molecule has 2 aromatic rings. The van der Waals surface area contributed by atoms with E-state index in [0.717, 1.165) is 0 Å². The summed E-state index contributed by atoms with van der Waals surface area (Å²) in [6.07, 6.45) is 0. The van der Waals surface area contributed by atoms with Crippen molar-refractivity contribution in [2.45, 2.75) is 0 Å². The van der Waals surface area contributed by atoms with Crippen LogP contribution in [0.25, 0.3) is 0 Å². The second-order valence-electron chi connectivity index (χ2n) is 3.43. The third-order valence-corrected chi connectivity index (χ3v) is 3.35. The first-order valence-corrected chi connectivity index (χ1v) is 6.51. The van der Waals surface area contributed by atoms with Crippen molar-refractivity contribution in [3.8, 4) is 11.6 Å². The normalized spacial score (nSPS) is 10.4. The molecule has 4 nitrogen and oxygen atoms in total. The molecular weight excluding hydrogens is 360 g/mol. The molecule has 1 heterocycles. The first-order valence-electron chi connectivity index (χ1n) is 4.97. The summed E-state index contributed by atoms with van der Waals surface area (Å²) >= 11 is 15.0. The fourth-order valence-corrected chi connectivity index (χ4v) is 2.06. The van der Waals surface area contributed by atoms with Crippen LogP contribution in [0.5, 0.6) is 11.6 Å². The van der Waals surface area contributed by atoms with E-state index in [-0.39, 0.29) is 27.5 Å². The van der Waals surface area contributed by atoms with Gasteiger partial charge in [-0.05, 0) is 34.1 Å². The first kappa shape index (κ1) is 14.3. The van der Waals surface area contributed by atoms with Crippen LogP contribution in [0.15, 0.2) is 28.7 Å². The lowest BCUT2D eigenvalue weighted by atomic mass is 10.3. The molecule has 0 aliphatic rings. The summed E-state index contributed by atoms with van der Waals surface area (Å²) in [4.78, 5) is 3.99. The van der Waals surface area contributed by atoms with E-state index >= 15 is 0 Å². The van der Waals surface area contributed by atoms with Gasteiger partial charge in [0.2, 0.25) is 5.88 Å². The number of pyridine rings is 1. The van der Waals surface area contributed by atoms with E-state index in [1.165, 1.54) is 24.3 Å².